The number of ether oxygens (including phenoxy) is 1. The van der Waals surface area contributed by atoms with Crippen LogP contribution in [0.3, 0.4) is 0 Å². The molecule has 0 aliphatic carbocycles. The second kappa shape index (κ2) is 7.22. The van der Waals surface area contributed by atoms with Crippen LogP contribution in [0.15, 0.2) is 24.3 Å². The first-order chi connectivity index (χ1) is 8.19. The molecule has 17 heavy (non-hydrogen) atoms. The molecule has 0 heterocycles. The van der Waals surface area contributed by atoms with Crippen LogP contribution in [-0.4, -0.2) is 23.0 Å². The Morgan fingerprint density at radius 1 is 1.35 bits per heavy atom. The number of methoxy groups -OCH3 is 1. The van der Waals surface area contributed by atoms with E-state index in [-0.39, 0.29) is 5.97 Å². The molecule has 1 unspecified atom stereocenters. The molecule has 1 atom stereocenters. The molecule has 1 aromatic carbocycles. The number of esters is 1. The van der Waals surface area contributed by atoms with Gasteiger partial charge in [0.25, 0.3) is 0 Å². The fourth-order valence-electron chi connectivity index (χ4n) is 1.51. The van der Waals surface area contributed by atoms with E-state index in [1.807, 2.05) is 12.1 Å². The summed E-state index contributed by atoms with van der Waals surface area (Å²) in [7, 11) is 0.447. The van der Waals surface area contributed by atoms with Gasteiger partial charge in [-0.15, -0.1) is 0 Å². The van der Waals surface area contributed by atoms with Gasteiger partial charge < -0.3 is 4.74 Å². The molecule has 0 aromatic heterocycles. The van der Waals surface area contributed by atoms with Crippen molar-refractivity contribution in [1.29, 1.82) is 0 Å². The molecule has 0 bridgehead atoms. The van der Waals surface area contributed by atoms with Crippen molar-refractivity contribution in [2.24, 2.45) is 0 Å². The van der Waals surface area contributed by atoms with E-state index in [4.69, 9.17) is 4.74 Å². The molecule has 4 heteroatoms. The zero-order valence-corrected chi connectivity index (χ0v) is 11.1. The molecule has 1 aromatic rings. The minimum Gasteiger partial charge on any atom is -0.465 e. The van der Waals surface area contributed by atoms with E-state index in [0.29, 0.717) is 17.1 Å². The highest BCUT2D eigenvalue weighted by Gasteiger charge is 2.12. The highest BCUT2D eigenvalue weighted by Crippen LogP contribution is 2.13. The third-order valence-electron chi connectivity index (χ3n) is 2.46. The highest BCUT2D eigenvalue weighted by atomic mass is 32.2. The lowest BCUT2D eigenvalue weighted by molar-refractivity contribution is 0.0600. The van der Waals surface area contributed by atoms with Gasteiger partial charge in [0.15, 0.2) is 0 Å². The van der Waals surface area contributed by atoms with Crippen LogP contribution in [0, 0.1) is 0 Å². The summed E-state index contributed by atoms with van der Waals surface area (Å²) >= 11 is 0. The summed E-state index contributed by atoms with van der Waals surface area (Å²) in [4.78, 5) is 11.5. The summed E-state index contributed by atoms with van der Waals surface area (Å²) in [5.74, 6) is 0.741. The second-order valence-electron chi connectivity index (χ2n) is 3.79. The number of carbonyl (C=O) groups is 1. The van der Waals surface area contributed by atoms with Gasteiger partial charge in [-0.05, 0) is 18.1 Å². The zero-order chi connectivity index (χ0) is 12.7. The Kier molecular flexibility index (Phi) is 5.91. The fourth-order valence-corrected chi connectivity index (χ4v) is 2.86. The van der Waals surface area contributed by atoms with Gasteiger partial charge in [-0.2, -0.15) is 0 Å². The Labute approximate surface area is 105 Å². The Morgan fingerprint density at radius 2 is 2.06 bits per heavy atom. The van der Waals surface area contributed by atoms with Crippen LogP contribution >= 0.6 is 0 Å². The summed E-state index contributed by atoms with van der Waals surface area (Å²) in [5.41, 5.74) is 1.31. The van der Waals surface area contributed by atoms with E-state index >= 15 is 0 Å². The van der Waals surface area contributed by atoms with Gasteiger partial charge >= 0.3 is 5.97 Å². The van der Waals surface area contributed by atoms with Gasteiger partial charge in [0.1, 0.15) is 0 Å². The van der Waals surface area contributed by atoms with Crippen molar-refractivity contribution in [1.82, 2.24) is 0 Å². The van der Waals surface area contributed by atoms with Crippen molar-refractivity contribution in [2.75, 3.05) is 12.9 Å². The van der Waals surface area contributed by atoms with Gasteiger partial charge in [0, 0.05) is 22.3 Å². The van der Waals surface area contributed by atoms with Crippen molar-refractivity contribution >= 4 is 16.8 Å². The van der Waals surface area contributed by atoms with Crippen molar-refractivity contribution < 1.29 is 13.7 Å². The Balaban J connectivity index is 2.76. The Morgan fingerprint density at radius 3 is 2.71 bits per heavy atom. The quantitative estimate of drug-likeness (QED) is 0.733. The van der Waals surface area contributed by atoms with Crippen LogP contribution in [-0.2, 0) is 21.3 Å². The normalized spacial score (nSPS) is 12.1. The van der Waals surface area contributed by atoms with Crippen LogP contribution in [0.25, 0.3) is 0 Å². The SMILES string of the molecule is CCCCS(=O)Cc1ccccc1C(=O)OC. The first-order valence-corrected chi connectivity index (χ1v) is 7.19. The predicted octanol–water partition coefficient (Wildman–Crippen LogP) is 2.52. The molecule has 0 spiro atoms. The molecule has 0 saturated heterocycles. The lowest BCUT2D eigenvalue weighted by Crippen LogP contribution is -2.08. The van der Waals surface area contributed by atoms with Crippen molar-refractivity contribution in [3.63, 3.8) is 0 Å². The first kappa shape index (κ1) is 13.9. The minimum atomic E-state index is -0.907. The number of carbonyl (C=O) groups excluding carboxylic acids is 1. The van der Waals surface area contributed by atoms with E-state index in [0.717, 1.165) is 18.4 Å². The molecule has 94 valence electrons. The topological polar surface area (TPSA) is 43.4 Å². The maximum absolute atomic E-state index is 11.8. The number of unbranched alkanes of at least 4 members (excludes halogenated alkanes) is 1. The van der Waals surface area contributed by atoms with Crippen molar-refractivity contribution in [3.05, 3.63) is 35.4 Å². The van der Waals surface area contributed by atoms with E-state index < -0.39 is 10.8 Å². The molecular weight excluding hydrogens is 236 g/mol. The molecule has 0 amide bonds. The molecule has 0 N–H and O–H groups in total. The monoisotopic (exact) mass is 254 g/mol. The molecule has 3 nitrogen and oxygen atoms in total. The molecule has 0 saturated carbocycles. The smallest absolute Gasteiger partial charge is 0.338 e. The standard InChI is InChI=1S/C13H18O3S/c1-3-4-9-17(15)10-11-7-5-6-8-12(11)13(14)16-2/h5-8H,3-4,9-10H2,1-2H3. The number of rotatable bonds is 6. The zero-order valence-electron chi connectivity index (χ0n) is 10.3. The average Bonchev–Trinajstić information content (AvgIpc) is 2.36. The molecular formula is C13H18O3S. The predicted molar refractivity (Wildman–Crippen MR) is 69.4 cm³/mol. The summed E-state index contributed by atoms with van der Waals surface area (Å²) in [6, 6.07) is 7.16. The van der Waals surface area contributed by atoms with Crippen molar-refractivity contribution in [3.8, 4) is 0 Å². The second-order valence-corrected chi connectivity index (χ2v) is 5.37. The average molecular weight is 254 g/mol. The summed E-state index contributed by atoms with van der Waals surface area (Å²) in [6.07, 6.45) is 1.98. The van der Waals surface area contributed by atoms with E-state index in [1.165, 1.54) is 7.11 Å². The van der Waals surface area contributed by atoms with Crippen molar-refractivity contribution in [2.45, 2.75) is 25.5 Å². The first-order valence-electron chi connectivity index (χ1n) is 5.70. The van der Waals surface area contributed by atoms with E-state index in [9.17, 15) is 9.00 Å². The molecule has 0 aliphatic rings. The minimum absolute atomic E-state index is 0.368. The van der Waals surface area contributed by atoms with Gasteiger partial charge in [0.05, 0.1) is 12.7 Å². The third kappa shape index (κ3) is 4.30. The maximum atomic E-state index is 11.8. The molecule has 0 fully saturated rings. The summed E-state index contributed by atoms with van der Waals surface area (Å²) in [5, 5.41) is 0. The van der Waals surface area contributed by atoms with E-state index in [2.05, 4.69) is 6.92 Å². The molecule has 1 rings (SSSR count). The van der Waals surface area contributed by atoms with Gasteiger partial charge in [0.2, 0.25) is 0 Å². The lowest BCUT2D eigenvalue weighted by Gasteiger charge is -2.07. The largest absolute Gasteiger partial charge is 0.465 e. The number of hydrogen-bond acceptors (Lipinski definition) is 3. The molecule has 0 aliphatic heterocycles. The summed E-state index contributed by atoms with van der Waals surface area (Å²) < 4.78 is 16.5. The molecule has 0 radical (unpaired) electrons. The lowest BCUT2D eigenvalue weighted by atomic mass is 10.1. The van der Waals surface area contributed by atoms with Crippen LogP contribution in [0.5, 0.6) is 0 Å². The van der Waals surface area contributed by atoms with Gasteiger partial charge in [-0.3, -0.25) is 4.21 Å². The fraction of sp³-hybridized carbons (Fsp3) is 0.462. The number of benzene rings is 1. The van der Waals surface area contributed by atoms with Crippen LogP contribution in [0.2, 0.25) is 0 Å². The third-order valence-corrected chi connectivity index (χ3v) is 3.84. The van der Waals surface area contributed by atoms with Gasteiger partial charge in [-0.1, -0.05) is 31.5 Å². The maximum Gasteiger partial charge on any atom is 0.338 e. The Hall–Kier alpha value is -1.16. The Bertz CT molecular complexity index is 401. The highest BCUT2D eigenvalue weighted by molar-refractivity contribution is 7.84. The van der Waals surface area contributed by atoms with Crippen LogP contribution < -0.4 is 0 Å². The van der Waals surface area contributed by atoms with Crippen LogP contribution in [0.4, 0.5) is 0 Å². The van der Waals surface area contributed by atoms with E-state index in [1.54, 1.807) is 12.1 Å². The summed E-state index contributed by atoms with van der Waals surface area (Å²) in [6.45, 7) is 2.07. The number of hydrogen-bond donors (Lipinski definition) is 0. The van der Waals surface area contributed by atoms with Gasteiger partial charge in [-0.25, -0.2) is 4.79 Å². The van der Waals surface area contributed by atoms with Crippen LogP contribution in [0.1, 0.15) is 35.7 Å².